The Labute approximate surface area is 143 Å². The van der Waals surface area contributed by atoms with Gasteiger partial charge in [-0.15, -0.1) is 0 Å². The van der Waals surface area contributed by atoms with Crippen molar-refractivity contribution in [3.05, 3.63) is 24.3 Å². The molecule has 0 saturated carbocycles. The van der Waals surface area contributed by atoms with Crippen LogP contribution in [0, 0.1) is 0 Å². The van der Waals surface area contributed by atoms with Gasteiger partial charge in [0.05, 0.1) is 6.61 Å². The summed E-state index contributed by atoms with van der Waals surface area (Å²) in [5, 5.41) is 2.88. The number of nitrogens with zero attached hydrogens (tertiary/aromatic N) is 2. The lowest BCUT2D eigenvalue weighted by Gasteiger charge is -2.20. The van der Waals surface area contributed by atoms with Crippen molar-refractivity contribution >= 4 is 23.2 Å². The second kappa shape index (κ2) is 9.27. The number of carbonyl (C=O) groups is 2. The van der Waals surface area contributed by atoms with Crippen LogP contribution in [0.1, 0.15) is 26.2 Å². The van der Waals surface area contributed by atoms with E-state index in [1.165, 1.54) is 25.5 Å². The van der Waals surface area contributed by atoms with Gasteiger partial charge in [-0.2, -0.15) is 0 Å². The summed E-state index contributed by atoms with van der Waals surface area (Å²) < 4.78 is 4.98. The summed E-state index contributed by atoms with van der Waals surface area (Å²) >= 11 is 0. The second-order valence-corrected chi connectivity index (χ2v) is 6.04. The summed E-state index contributed by atoms with van der Waals surface area (Å²) in [7, 11) is 1.59. The van der Waals surface area contributed by atoms with Crippen molar-refractivity contribution in [2.45, 2.75) is 26.2 Å². The lowest BCUT2D eigenvalue weighted by atomic mass is 10.2. The number of nitrogens with one attached hydrogen (secondary N) is 1. The van der Waals surface area contributed by atoms with Crippen molar-refractivity contribution < 1.29 is 14.3 Å². The van der Waals surface area contributed by atoms with Crippen LogP contribution in [0.25, 0.3) is 0 Å². The van der Waals surface area contributed by atoms with E-state index in [2.05, 4.69) is 10.2 Å². The Bertz CT molecular complexity index is 539. The van der Waals surface area contributed by atoms with Crippen molar-refractivity contribution in [1.29, 1.82) is 0 Å². The lowest BCUT2D eigenvalue weighted by molar-refractivity contribution is -0.130. The zero-order chi connectivity index (χ0) is 17.4. The van der Waals surface area contributed by atoms with E-state index in [0.29, 0.717) is 19.7 Å². The highest BCUT2D eigenvalue weighted by molar-refractivity contribution is 5.91. The molecule has 0 aromatic heterocycles. The monoisotopic (exact) mass is 333 g/mol. The van der Waals surface area contributed by atoms with Gasteiger partial charge in [-0.25, -0.2) is 0 Å². The molecule has 1 aliphatic heterocycles. The normalized spacial score (nSPS) is 13.8. The van der Waals surface area contributed by atoms with Crippen molar-refractivity contribution in [3.63, 3.8) is 0 Å². The highest BCUT2D eigenvalue weighted by atomic mass is 16.5. The van der Waals surface area contributed by atoms with E-state index in [9.17, 15) is 9.59 Å². The lowest BCUT2D eigenvalue weighted by Crippen LogP contribution is -2.34. The van der Waals surface area contributed by atoms with Gasteiger partial charge in [-0.3, -0.25) is 9.59 Å². The van der Waals surface area contributed by atoms with Crippen LogP contribution >= 0.6 is 0 Å². The Morgan fingerprint density at radius 1 is 1.17 bits per heavy atom. The molecular weight excluding hydrogens is 306 g/mol. The number of amides is 2. The molecule has 132 valence electrons. The fourth-order valence-electron chi connectivity index (χ4n) is 2.82. The molecule has 1 fully saturated rings. The molecule has 1 saturated heterocycles. The fraction of sp³-hybridized carbons (Fsp3) is 0.556. The number of rotatable bonds is 8. The molecule has 1 aromatic carbocycles. The first-order chi connectivity index (χ1) is 11.6. The van der Waals surface area contributed by atoms with E-state index in [-0.39, 0.29) is 18.2 Å². The zero-order valence-corrected chi connectivity index (χ0v) is 14.6. The number of anilines is 2. The first-order valence-electron chi connectivity index (χ1n) is 8.49. The van der Waals surface area contributed by atoms with E-state index in [1.54, 1.807) is 12.0 Å². The Hall–Kier alpha value is -2.08. The van der Waals surface area contributed by atoms with Crippen LogP contribution in [-0.2, 0) is 14.3 Å². The van der Waals surface area contributed by atoms with Crippen LogP contribution in [-0.4, -0.2) is 56.6 Å². The minimum atomic E-state index is -0.0902. The topological polar surface area (TPSA) is 61.9 Å². The van der Waals surface area contributed by atoms with Crippen LogP contribution in [0.2, 0.25) is 0 Å². The number of ether oxygens (including phenoxy) is 1. The Morgan fingerprint density at radius 2 is 1.83 bits per heavy atom. The van der Waals surface area contributed by atoms with Gasteiger partial charge in [-0.1, -0.05) is 0 Å². The minimum absolute atomic E-state index is 0.0465. The van der Waals surface area contributed by atoms with Crippen molar-refractivity contribution in [3.8, 4) is 0 Å². The molecule has 0 spiro atoms. The van der Waals surface area contributed by atoms with Crippen LogP contribution in [0.15, 0.2) is 24.3 Å². The third-order valence-corrected chi connectivity index (χ3v) is 4.24. The van der Waals surface area contributed by atoms with Gasteiger partial charge >= 0.3 is 0 Å². The fourth-order valence-corrected chi connectivity index (χ4v) is 2.82. The van der Waals surface area contributed by atoms with Crippen molar-refractivity contribution in [2.24, 2.45) is 0 Å². The highest BCUT2D eigenvalue weighted by Gasteiger charge is 2.13. The molecule has 0 bridgehead atoms. The molecule has 2 amide bonds. The first-order valence-corrected chi connectivity index (χ1v) is 8.49. The first kappa shape index (κ1) is 18.3. The number of hydrogen-bond donors (Lipinski definition) is 1. The number of hydrogen-bond acceptors (Lipinski definition) is 4. The molecular formula is C18H27N3O3. The van der Waals surface area contributed by atoms with Crippen molar-refractivity contribution in [1.82, 2.24) is 4.90 Å². The number of benzene rings is 1. The molecule has 1 heterocycles. The quantitative estimate of drug-likeness (QED) is 0.791. The summed E-state index contributed by atoms with van der Waals surface area (Å²) in [6, 6.07) is 7.95. The molecule has 1 aliphatic rings. The molecule has 1 aromatic rings. The highest BCUT2D eigenvalue weighted by Crippen LogP contribution is 2.22. The molecule has 1 N–H and O–H groups in total. The van der Waals surface area contributed by atoms with E-state index in [4.69, 9.17) is 4.74 Å². The molecule has 0 unspecified atom stereocenters. The third-order valence-electron chi connectivity index (χ3n) is 4.24. The summed E-state index contributed by atoms with van der Waals surface area (Å²) in [4.78, 5) is 27.6. The average Bonchev–Trinajstić information content (AvgIpc) is 3.09. The van der Waals surface area contributed by atoms with Crippen LogP contribution in [0.3, 0.4) is 0 Å². The van der Waals surface area contributed by atoms with Gasteiger partial charge in [0, 0.05) is 58.0 Å². The standard InChI is InChI=1S/C18H27N3O3/c1-15(22)20(13-14-24-2)12-9-18(23)19-16-5-7-17(8-6-16)21-10-3-4-11-21/h5-8H,3-4,9-14H2,1-2H3,(H,19,23). The molecule has 6 heteroatoms. The number of carbonyl (C=O) groups excluding carboxylic acids is 2. The zero-order valence-electron chi connectivity index (χ0n) is 14.6. The Kier molecular flexibility index (Phi) is 7.06. The number of methoxy groups -OCH3 is 1. The van der Waals surface area contributed by atoms with Crippen LogP contribution in [0.4, 0.5) is 11.4 Å². The molecule has 24 heavy (non-hydrogen) atoms. The molecule has 0 aliphatic carbocycles. The minimum Gasteiger partial charge on any atom is -0.383 e. The molecule has 0 radical (unpaired) electrons. The third kappa shape index (κ3) is 5.53. The van der Waals surface area contributed by atoms with E-state index < -0.39 is 0 Å². The van der Waals surface area contributed by atoms with Crippen LogP contribution in [0.5, 0.6) is 0 Å². The van der Waals surface area contributed by atoms with E-state index in [0.717, 1.165) is 18.8 Å². The van der Waals surface area contributed by atoms with Gasteiger partial charge in [0.15, 0.2) is 0 Å². The second-order valence-electron chi connectivity index (χ2n) is 6.04. The maximum Gasteiger partial charge on any atom is 0.226 e. The Balaban J connectivity index is 1.79. The van der Waals surface area contributed by atoms with Crippen LogP contribution < -0.4 is 10.2 Å². The molecule has 0 atom stereocenters. The van der Waals surface area contributed by atoms with Gasteiger partial charge in [0.1, 0.15) is 0 Å². The maximum absolute atomic E-state index is 12.1. The smallest absolute Gasteiger partial charge is 0.226 e. The van der Waals surface area contributed by atoms with E-state index in [1.807, 2.05) is 24.3 Å². The van der Waals surface area contributed by atoms with E-state index >= 15 is 0 Å². The van der Waals surface area contributed by atoms with Gasteiger partial charge in [0.2, 0.25) is 11.8 Å². The molecule has 6 nitrogen and oxygen atoms in total. The predicted octanol–water partition coefficient (Wildman–Crippen LogP) is 2.11. The maximum atomic E-state index is 12.1. The largest absolute Gasteiger partial charge is 0.383 e. The SMILES string of the molecule is COCCN(CCC(=O)Nc1ccc(N2CCCC2)cc1)C(C)=O. The van der Waals surface area contributed by atoms with Gasteiger partial charge < -0.3 is 19.9 Å². The summed E-state index contributed by atoms with van der Waals surface area (Å²) in [6.45, 7) is 5.09. The predicted molar refractivity (Wildman–Crippen MR) is 95.3 cm³/mol. The summed E-state index contributed by atoms with van der Waals surface area (Å²) in [5.41, 5.74) is 1.99. The summed E-state index contributed by atoms with van der Waals surface area (Å²) in [6.07, 6.45) is 2.76. The molecule has 2 rings (SSSR count). The Morgan fingerprint density at radius 3 is 2.42 bits per heavy atom. The average molecular weight is 333 g/mol. The summed E-state index contributed by atoms with van der Waals surface area (Å²) in [5.74, 6) is -0.137. The van der Waals surface area contributed by atoms with Crippen molar-refractivity contribution in [2.75, 3.05) is 50.1 Å². The van der Waals surface area contributed by atoms with Gasteiger partial charge in [-0.05, 0) is 37.1 Å². The van der Waals surface area contributed by atoms with Gasteiger partial charge in [0.25, 0.3) is 0 Å².